The minimum absolute atomic E-state index is 0.193. The van der Waals surface area contributed by atoms with Gasteiger partial charge in [0, 0.05) is 11.9 Å². The van der Waals surface area contributed by atoms with Crippen LogP contribution in [-0.2, 0) is 10.2 Å². The fourth-order valence-corrected chi connectivity index (χ4v) is 1.72. The number of aromatic nitrogens is 1. The number of hydrogen-bond acceptors (Lipinski definition) is 2. The summed E-state index contributed by atoms with van der Waals surface area (Å²) in [5, 5.41) is 0. The Morgan fingerprint density at radius 3 is 2.83 bits per heavy atom. The van der Waals surface area contributed by atoms with Crippen LogP contribution in [0.3, 0.4) is 0 Å². The van der Waals surface area contributed by atoms with E-state index >= 15 is 0 Å². The van der Waals surface area contributed by atoms with Crippen LogP contribution in [0.1, 0.15) is 12.1 Å². The second kappa shape index (κ2) is 2.92. The molecule has 1 aliphatic heterocycles. The predicted octanol–water partition coefficient (Wildman–Crippen LogP) is 0.631. The van der Waals surface area contributed by atoms with Gasteiger partial charge in [-0.1, -0.05) is 0 Å². The Kier molecular flexibility index (Phi) is 1.90. The lowest BCUT2D eigenvalue weighted by Crippen LogP contribution is -2.48. The van der Waals surface area contributed by atoms with Crippen molar-refractivity contribution in [2.45, 2.75) is 11.8 Å². The van der Waals surface area contributed by atoms with Gasteiger partial charge in [0.05, 0.1) is 18.6 Å². The third-order valence-electron chi connectivity index (χ3n) is 2.55. The molecule has 12 heavy (non-hydrogen) atoms. The molecular weight excluding hydrogens is 152 g/mol. The predicted molar refractivity (Wildman–Crippen MR) is 47.0 cm³/mol. The second-order valence-corrected chi connectivity index (χ2v) is 3.40. The van der Waals surface area contributed by atoms with Gasteiger partial charge in [0.15, 0.2) is 0 Å². The Morgan fingerprint density at radius 1 is 1.58 bits per heavy atom. The highest BCUT2D eigenvalue weighted by atomic mass is 16.5. The average Bonchev–Trinajstić information content (AvgIpc) is 2.48. The summed E-state index contributed by atoms with van der Waals surface area (Å²) in [4.78, 5) is 3.23. The van der Waals surface area contributed by atoms with Gasteiger partial charge in [0.25, 0.3) is 0 Å². The van der Waals surface area contributed by atoms with Crippen LogP contribution in [0.4, 0.5) is 0 Å². The van der Waals surface area contributed by atoms with Gasteiger partial charge in [0.1, 0.15) is 0 Å². The molecule has 2 rings (SSSR count). The van der Waals surface area contributed by atoms with E-state index < -0.39 is 0 Å². The molecule has 1 aromatic rings. The maximum Gasteiger partial charge on any atom is 0.0600 e. The van der Waals surface area contributed by atoms with E-state index in [0.717, 1.165) is 26.2 Å². The fraction of sp³-hybridized carbons (Fsp3) is 0.556. The molecule has 0 aromatic carbocycles. The minimum atomic E-state index is 0.193. The van der Waals surface area contributed by atoms with E-state index in [0.29, 0.717) is 0 Å². The molecule has 1 fully saturated rings. The van der Waals surface area contributed by atoms with Crippen LogP contribution in [0, 0.1) is 0 Å². The highest BCUT2D eigenvalue weighted by Gasteiger charge is 2.40. The van der Waals surface area contributed by atoms with Crippen LogP contribution in [0.25, 0.3) is 0 Å². The van der Waals surface area contributed by atoms with Crippen molar-refractivity contribution in [3.63, 3.8) is 0 Å². The molecule has 2 heterocycles. The van der Waals surface area contributed by atoms with Crippen LogP contribution in [0.5, 0.6) is 0 Å². The Labute approximate surface area is 71.9 Å². The SMILES string of the molecule is NCCC1(c2ccc[nH]2)COC1. The Morgan fingerprint density at radius 2 is 2.42 bits per heavy atom. The van der Waals surface area contributed by atoms with Crippen LogP contribution < -0.4 is 5.73 Å². The third kappa shape index (κ3) is 1.06. The van der Waals surface area contributed by atoms with Crippen molar-refractivity contribution >= 4 is 0 Å². The number of H-pyrrole nitrogens is 1. The van der Waals surface area contributed by atoms with Gasteiger partial charge in [-0.05, 0) is 25.1 Å². The highest BCUT2D eigenvalue weighted by molar-refractivity contribution is 5.20. The van der Waals surface area contributed by atoms with Gasteiger partial charge in [-0.25, -0.2) is 0 Å². The van der Waals surface area contributed by atoms with Crippen molar-refractivity contribution in [2.75, 3.05) is 19.8 Å². The number of rotatable bonds is 3. The summed E-state index contributed by atoms with van der Waals surface area (Å²) in [6.07, 6.45) is 2.96. The summed E-state index contributed by atoms with van der Waals surface area (Å²) >= 11 is 0. The zero-order valence-corrected chi connectivity index (χ0v) is 7.05. The maximum atomic E-state index is 5.56. The lowest BCUT2D eigenvalue weighted by atomic mass is 9.79. The minimum Gasteiger partial charge on any atom is -0.379 e. The molecular formula is C9H14N2O. The molecule has 1 aromatic heterocycles. The molecule has 3 heteroatoms. The quantitative estimate of drug-likeness (QED) is 0.692. The van der Waals surface area contributed by atoms with Gasteiger partial charge in [-0.2, -0.15) is 0 Å². The molecule has 0 radical (unpaired) electrons. The molecule has 1 saturated heterocycles. The lowest BCUT2D eigenvalue weighted by molar-refractivity contribution is -0.0649. The highest BCUT2D eigenvalue weighted by Crippen LogP contribution is 2.33. The van der Waals surface area contributed by atoms with Crippen LogP contribution in [-0.4, -0.2) is 24.7 Å². The molecule has 0 bridgehead atoms. The first kappa shape index (κ1) is 7.83. The van der Waals surface area contributed by atoms with Crippen molar-refractivity contribution in [1.82, 2.24) is 4.98 Å². The zero-order chi connectivity index (χ0) is 8.44. The van der Waals surface area contributed by atoms with E-state index in [9.17, 15) is 0 Å². The number of aromatic amines is 1. The van der Waals surface area contributed by atoms with E-state index in [1.807, 2.05) is 12.3 Å². The summed E-state index contributed by atoms with van der Waals surface area (Å²) in [5.41, 5.74) is 7.02. The van der Waals surface area contributed by atoms with Crippen molar-refractivity contribution in [3.05, 3.63) is 24.0 Å². The molecule has 0 saturated carbocycles. The Bertz CT molecular complexity index is 239. The fourth-order valence-electron chi connectivity index (χ4n) is 1.72. The molecule has 66 valence electrons. The first-order valence-electron chi connectivity index (χ1n) is 4.29. The van der Waals surface area contributed by atoms with Crippen molar-refractivity contribution in [1.29, 1.82) is 0 Å². The zero-order valence-electron chi connectivity index (χ0n) is 7.05. The maximum absolute atomic E-state index is 5.56. The molecule has 1 aliphatic rings. The largest absolute Gasteiger partial charge is 0.379 e. The number of nitrogens with two attached hydrogens (primary N) is 1. The Hall–Kier alpha value is -0.800. The average molecular weight is 166 g/mol. The van der Waals surface area contributed by atoms with Crippen LogP contribution >= 0.6 is 0 Å². The molecule has 0 unspecified atom stereocenters. The van der Waals surface area contributed by atoms with Crippen molar-refractivity contribution in [2.24, 2.45) is 5.73 Å². The van der Waals surface area contributed by atoms with Gasteiger partial charge in [0.2, 0.25) is 0 Å². The number of ether oxygens (including phenoxy) is 1. The lowest BCUT2D eigenvalue weighted by Gasteiger charge is -2.40. The molecule has 0 spiro atoms. The number of hydrogen-bond donors (Lipinski definition) is 2. The molecule has 3 N–H and O–H groups in total. The first-order chi connectivity index (χ1) is 5.87. The smallest absolute Gasteiger partial charge is 0.0600 e. The van der Waals surface area contributed by atoms with Crippen molar-refractivity contribution in [3.8, 4) is 0 Å². The van der Waals surface area contributed by atoms with Gasteiger partial charge in [-0.3, -0.25) is 0 Å². The second-order valence-electron chi connectivity index (χ2n) is 3.40. The van der Waals surface area contributed by atoms with Gasteiger partial charge < -0.3 is 15.5 Å². The summed E-state index contributed by atoms with van der Waals surface area (Å²) in [6, 6.07) is 4.13. The normalized spacial score (nSPS) is 20.4. The molecule has 0 amide bonds. The topological polar surface area (TPSA) is 51.0 Å². The summed E-state index contributed by atoms with van der Waals surface area (Å²) in [6.45, 7) is 2.35. The third-order valence-corrected chi connectivity index (χ3v) is 2.55. The monoisotopic (exact) mass is 166 g/mol. The van der Waals surface area contributed by atoms with E-state index in [1.165, 1.54) is 5.69 Å². The van der Waals surface area contributed by atoms with E-state index in [4.69, 9.17) is 10.5 Å². The first-order valence-corrected chi connectivity index (χ1v) is 4.29. The summed E-state index contributed by atoms with van der Waals surface area (Å²) in [7, 11) is 0. The van der Waals surface area contributed by atoms with Crippen LogP contribution in [0.15, 0.2) is 18.3 Å². The van der Waals surface area contributed by atoms with E-state index in [-0.39, 0.29) is 5.41 Å². The standard InChI is InChI=1S/C9H14N2O/c10-4-3-9(6-12-7-9)8-2-1-5-11-8/h1-2,5,11H,3-4,6-7,10H2. The summed E-state index contributed by atoms with van der Waals surface area (Å²) in [5.74, 6) is 0. The molecule has 0 aliphatic carbocycles. The van der Waals surface area contributed by atoms with Crippen LogP contribution in [0.2, 0.25) is 0 Å². The summed E-state index contributed by atoms with van der Waals surface area (Å²) < 4.78 is 5.24. The Balaban J connectivity index is 2.17. The number of nitrogens with one attached hydrogen (secondary N) is 1. The van der Waals surface area contributed by atoms with Gasteiger partial charge in [-0.15, -0.1) is 0 Å². The molecule has 0 atom stereocenters. The van der Waals surface area contributed by atoms with Crippen molar-refractivity contribution < 1.29 is 4.74 Å². The molecule has 3 nitrogen and oxygen atoms in total. The van der Waals surface area contributed by atoms with Gasteiger partial charge >= 0.3 is 0 Å². The van der Waals surface area contributed by atoms with E-state index in [2.05, 4.69) is 11.1 Å². The van der Waals surface area contributed by atoms with E-state index in [1.54, 1.807) is 0 Å².